The second kappa shape index (κ2) is 9.67. The molecule has 0 bridgehead atoms. The summed E-state index contributed by atoms with van der Waals surface area (Å²) in [5.41, 5.74) is 1.77. The van der Waals surface area contributed by atoms with Gasteiger partial charge in [-0.1, -0.05) is 24.6 Å². The van der Waals surface area contributed by atoms with E-state index in [9.17, 15) is 9.59 Å². The molecule has 0 radical (unpaired) electrons. The fourth-order valence-electron chi connectivity index (χ4n) is 3.54. The van der Waals surface area contributed by atoms with Gasteiger partial charge in [0, 0.05) is 43.9 Å². The molecule has 0 unspecified atom stereocenters. The minimum atomic E-state index is -0.255. The molecule has 1 aliphatic heterocycles. The van der Waals surface area contributed by atoms with Crippen LogP contribution in [0.5, 0.6) is 0 Å². The van der Waals surface area contributed by atoms with Gasteiger partial charge in [0.15, 0.2) is 0 Å². The second-order valence-electron chi connectivity index (χ2n) is 7.62. The van der Waals surface area contributed by atoms with E-state index in [-0.39, 0.29) is 17.7 Å². The molecule has 1 aromatic heterocycles. The fourth-order valence-corrected chi connectivity index (χ4v) is 3.54. The number of morpholine rings is 1. The van der Waals surface area contributed by atoms with Crippen molar-refractivity contribution < 1.29 is 14.3 Å². The van der Waals surface area contributed by atoms with Crippen LogP contribution in [0.3, 0.4) is 0 Å². The Bertz CT molecular complexity index is 880. The maximum absolute atomic E-state index is 12.9. The molecule has 2 aliphatic rings. The maximum Gasteiger partial charge on any atom is 0.259 e. The molecule has 30 heavy (non-hydrogen) atoms. The third-order valence-electron chi connectivity index (χ3n) is 5.56. The third kappa shape index (κ3) is 4.94. The van der Waals surface area contributed by atoms with Crippen molar-refractivity contribution >= 4 is 23.5 Å². The summed E-state index contributed by atoms with van der Waals surface area (Å²) in [7, 11) is 0. The highest BCUT2D eigenvalue weighted by atomic mass is 16.5. The van der Waals surface area contributed by atoms with Crippen molar-refractivity contribution in [2.24, 2.45) is 5.92 Å². The first-order valence-corrected chi connectivity index (χ1v) is 10.5. The van der Waals surface area contributed by atoms with E-state index in [0.29, 0.717) is 62.2 Å². The highest BCUT2D eigenvalue weighted by Gasteiger charge is 2.25. The molecule has 2 N–H and O–H groups in total. The highest BCUT2D eigenvalue weighted by Crippen LogP contribution is 2.26. The number of aromatic nitrogens is 2. The summed E-state index contributed by atoms with van der Waals surface area (Å²) >= 11 is 0. The Labute approximate surface area is 176 Å². The van der Waals surface area contributed by atoms with E-state index >= 15 is 0 Å². The van der Waals surface area contributed by atoms with E-state index < -0.39 is 0 Å². The standard InChI is InChI=1S/C22H27N5O3/c28-20(16-5-4-6-16)23-10-9-19-18(21(29)25-17-7-2-1-3-8-17)15-24-22(26-19)27-11-13-30-14-12-27/h1-3,7-8,15-16H,4-6,9-14H2,(H,23,28)(H,25,29). The van der Waals surface area contributed by atoms with Crippen molar-refractivity contribution in [1.29, 1.82) is 0 Å². The molecular weight excluding hydrogens is 382 g/mol. The van der Waals surface area contributed by atoms with Crippen molar-refractivity contribution in [2.45, 2.75) is 25.7 Å². The van der Waals surface area contributed by atoms with Gasteiger partial charge >= 0.3 is 0 Å². The summed E-state index contributed by atoms with van der Waals surface area (Å²) in [5, 5.41) is 5.88. The number of ether oxygens (including phenoxy) is 1. The van der Waals surface area contributed by atoms with Crippen LogP contribution in [0.25, 0.3) is 0 Å². The molecule has 8 heteroatoms. The van der Waals surface area contributed by atoms with Gasteiger partial charge in [-0.05, 0) is 25.0 Å². The van der Waals surface area contributed by atoms with E-state index in [1.165, 1.54) is 0 Å². The SMILES string of the molecule is O=C(Nc1ccccc1)c1cnc(N2CCOCC2)nc1CCNC(=O)C1CCC1. The monoisotopic (exact) mass is 409 g/mol. The first-order valence-electron chi connectivity index (χ1n) is 10.5. The second-order valence-corrected chi connectivity index (χ2v) is 7.62. The number of hydrogen-bond donors (Lipinski definition) is 2. The smallest absolute Gasteiger partial charge is 0.259 e. The first kappa shape index (κ1) is 20.3. The lowest BCUT2D eigenvalue weighted by Gasteiger charge is -2.27. The van der Waals surface area contributed by atoms with Gasteiger partial charge in [0.05, 0.1) is 24.5 Å². The molecular formula is C22H27N5O3. The number of carbonyl (C=O) groups is 2. The van der Waals surface area contributed by atoms with Gasteiger partial charge in [-0.25, -0.2) is 9.97 Å². The van der Waals surface area contributed by atoms with E-state index in [0.717, 1.165) is 19.3 Å². The maximum atomic E-state index is 12.9. The van der Waals surface area contributed by atoms with Crippen molar-refractivity contribution in [2.75, 3.05) is 43.1 Å². The van der Waals surface area contributed by atoms with E-state index in [2.05, 4.69) is 25.5 Å². The lowest BCUT2D eigenvalue weighted by atomic mass is 9.85. The zero-order chi connectivity index (χ0) is 20.8. The fraction of sp³-hybridized carbons (Fsp3) is 0.455. The molecule has 1 aliphatic carbocycles. The van der Waals surface area contributed by atoms with Crippen molar-refractivity contribution in [3.8, 4) is 0 Å². The van der Waals surface area contributed by atoms with Crippen LogP contribution < -0.4 is 15.5 Å². The number of carbonyl (C=O) groups excluding carboxylic acids is 2. The average molecular weight is 409 g/mol. The third-order valence-corrected chi connectivity index (χ3v) is 5.56. The number of benzene rings is 1. The Hall–Kier alpha value is -3.00. The van der Waals surface area contributed by atoms with Gasteiger partial charge in [0.1, 0.15) is 0 Å². The van der Waals surface area contributed by atoms with Crippen LogP contribution in [-0.2, 0) is 16.0 Å². The Morgan fingerprint density at radius 2 is 1.90 bits per heavy atom. The lowest BCUT2D eigenvalue weighted by molar-refractivity contribution is -0.127. The molecule has 1 saturated carbocycles. The molecule has 2 fully saturated rings. The van der Waals surface area contributed by atoms with Gasteiger partial charge in [-0.15, -0.1) is 0 Å². The Kier molecular flexibility index (Phi) is 6.53. The van der Waals surface area contributed by atoms with Crippen LogP contribution in [0.15, 0.2) is 36.5 Å². The number of hydrogen-bond acceptors (Lipinski definition) is 6. The quantitative estimate of drug-likeness (QED) is 0.726. The summed E-state index contributed by atoms with van der Waals surface area (Å²) in [6, 6.07) is 9.29. The van der Waals surface area contributed by atoms with Crippen LogP contribution in [0.2, 0.25) is 0 Å². The summed E-state index contributed by atoms with van der Waals surface area (Å²) < 4.78 is 5.40. The predicted molar refractivity (Wildman–Crippen MR) is 114 cm³/mol. The minimum absolute atomic E-state index is 0.0963. The van der Waals surface area contributed by atoms with Gasteiger partial charge in [-0.2, -0.15) is 0 Å². The molecule has 0 spiro atoms. The normalized spacial score (nSPS) is 16.6. The Balaban J connectivity index is 1.49. The van der Waals surface area contributed by atoms with Gasteiger partial charge in [0.2, 0.25) is 11.9 Å². The van der Waals surface area contributed by atoms with Crippen LogP contribution >= 0.6 is 0 Å². The lowest BCUT2D eigenvalue weighted by Crippen LogP contribution is -2.38. The van der Waals surface area contributed by atoms with Crippen LogP contribution in [0, 0.1) is 5.92 Å². The summed E-state index contributed by atoms with van der Waals surface area (Å²) in [6.45, 7) is 3.14. The van der Waals surface area contributed by atoms with Gasteiger partial charge in [-0.3, -0.25) is 9.59 Å². The molecule has 0 atom stereocenters. The van der Waals surface area contributed by atoms with E-state index in [1.807, 2.05) is 30.3 Å². The molecule has 2 amide bonds. The number of amides is 2. The van der Waals surface area contributed by atoms with Gasteiger partial charge < -0.3 is 20.3 Å². The van der Waals surface area contributed by atoms with E-state index in [4.69, 9.17) is 4.74 Å². The van der Waals surface area contributed by atoms with E-state index in [1.54, 1.807) is 6.20 Å². The largest absolute Gasteiger partial charge is 0.378 e. The summed E-state index contributed by atoms with van der Waals surface area (Å²) in [4.78, 5) is 36.2. The zero-order valence-corrected chi connectivity index (χ0v) is 17.0. The predicted octanol–water partition coefficient (Wildman–Crippen LogP) is 2.02. The van der Waals surface area contributed by atoms with Crippen LogP contribution in [-0.4, -0.2) is 54.6 Å². The van der Waals surface area contributed by atoms with Crippen molar-refractivity contribution in [3.63, 3.8) is 0 Å². The molecule has 158 valence electrons. The summed E-state index contributed by atoms with van der Waals surface area (Å²) in [5.74, 6) is 0.573. The topological polar surface area (TPSA) is 96.5 Å². The van der Waals surface area contributed by atoms with Gasteiger partial charge in [0.25, 0.3) is 5.91 Å². The molecule has 4 rings (SSSR count). The minimum Gasteiger partial charge on any atom is -0.378 e. The molecule has 2 heterocycles. The molecule has 2 aromatic rings. The highest BCUT2D eigenvalue weighted by molar-refractivity contribution is 6.04. The number of nitrogens with one attached hydrogen (secondary N) is 2. The Morgan fingerprint density at radius 3 is 2.60 bits per heavy atom. The Morgan fingerprint density at radius 1 is 1.13 bits per heavy atom. The van der Waals surface area contributed by atoms with Crippen molar-refractivity contribution in [1.82, 2.24) is 15.3 Å². The molecule has 1 aromatic carbocycles. The van der Waals surface area contributed by atoms with Crippen molar-refractivity contribution in [3.05, 3.63) is 47.8 Å². The average Bonchev–Trinajstić information content (AvgIpc) is 2.74. The number of anilines is 2. The van der Waals surface area contributed by atoms with Crippen LogP contribution in [0.1, 0.15) is 35.3 Å². The zero-order valence-electron chi connectivity index (χ0n) is 17.0. The number of para-hydroxylation sites is 1. The summed E-state index contributed by atoms with van der Waals surface area (Å²) in [6.07, 6.45) is 5.10. The van der Waals surface area contributed by atoms with Crippen LogP contribution in [0.4, 0.5) is 11.6 Å². The molecule has 1 saturated heterocycles. The number of nitrogens with zero attached hydrogens (tertiary/aromatic N) is 3. The molecule has 8 nitrogen and oxygen atoms in total. The first-order chi connectivity index (χ1) is 14.7. The number of rotatable bonds is 7.